The molecule has 0 unspecified atom stereocenters. The van der Waals surface area contributed by atoms with Gasteiger partial charge in [-0.2, -0.15) is 12.6 Å². The average molecular weight is 340 g/mol. The molecule has 2 saturated heterocycles. The van der Waals surface area contributed by atoms with Gasteiger partial charge in [0, 0.05) is 11.8 Å². The summed E-state index contributed by atoms with van der Waals surface area (Å²) in [4.78, 5) is 24.7. The van der Waals surface area contributed by atoms with Gasteiger partial charge in [0.05, 0.1) is 12.0 Å². The smallest absolute Gasteiger partial charge is 0.339 e. The predicted molar refractivity (Wildman–Crippen MR) is 87.8 cm³/mol. The Balaban J connectivity index is 1.85. The Morgan fingerprint density at radius 2 is 2.35 bits per heavy atom. The standard InChI is InChI=1S/C16H24N2O4S/c1-15-11(7-8-17-9-23)13(20)18-16(15,14(21)22-15)12(19)10-5-3-2-4-6-10/h3,5,10-12,17,19,23H,2,4,6-9H2,1H3,(H,18,20)/t10-,11+,12+,15+,16+/m1/s1. The number of ether oxygens (including phenoxy) is 1. The molecule has 0 aromatic heterocycles. The fourth-order valence-corrected chi connectivity index (χ4v) is 4.36. The maximum absolute atomic E-state index is 12.5. The van der Waals surface area contributed by atoms with Crippen molar-refractivity contribution in [2.75, 3.05) is 12.4 Å². The second-order valence-electron chi connectivity index (χ2n) is 6.76. The first kappa shape index (κ1) is 16.8. The van der Waals surface area contributed by atoms with E-state index in [-0.39, 0.29) is 11.8 Å². The molecule has 3 rings (SSSR count). The van der Waals surface area contributed by atoms with Crippen molar-refractivity contribution in [3.63, 3.8) is 0 Å². The number of fused-ring (bicyclic) bond motifs is 1. The molecule has 0 aromatic rings. The second-order valence-corrected chi connectivity index (χ2v) is 7.08. The number of carbonyl (C=O) groups is 2. The number of hydrogen-bond acceptors (Lipinski definition) is 6. The lowest BCUT2D eigenvalue weighted by Crippen LogP contribution is -2.80. The molecule has 128 valence electrons. The predicted octanol–water partition coefficient (Wildman–Crippen LogP) is 0.371. The summed E-state index contributed by atoms with van der Waals surface area (Å²) in [5.74, 6) is -0.825. The number of allylic oxidation sites excluding steroid dienone is 1. The van der Waals surface area contributed by atoms with Gasteiger partial charge in [-0.1, -0.05) is 12.2 Å². The van der Waals surface area contributed by atoms with E-state index >= 15 is 0 Å². The van der Waals surface area contributed by atoms with Crippen LogP contribution in [0.4, 0.5) is 0 Å². The van der Waals surface area contributed by atoms with E-state index in [2.05, 4.69) is 23.3 Å². The summed E-state index contributed by atoms with van der Waals surface area (Å²) in [6.45, 7) is 2.36. The van der Waals surface area contributed by atoms with Crippen LogP contribution in [0, 0.1) is 11.8 Å². The minimum absolute atomic E-state index is 0.134. The molecule has 1 amide bonds. The minimum atomic E-state index is -1.32. The molecule has 7 heteroatoms. The third-order valence-corrected chi connectivity index (χ3v) is 5.80. The van der Waals surface area contributed by atoms with E-state index < -0.39 is 29.1 Å². The van der Waals surface area contributed by atoms with Gasteiger partial charge in [0.25, 0.3) is 0 Å². The number of amides is 1. The number of carbonyl (C=O) groups excluding carboxylic acids is 2. The monoisotopic (exact) mass is 340 g/mol. The Morgan fingerprint density at radius 1 is 1.57 bits per heavy atom. The Morgan fingerprint density at radius 3 is 2.96 bits per heavy atom. The molecule has 23 heavy (non-hydrogen) atoms. The molecule has 2 aliphatic heterocycles. The lowest BCUT2D eigenvalue weighted by atomic mass is 9.64. The van der Waals surface area contributed by atoms with Crippen LogP contribution in [-0.4, -0.2) is 46.6 Å². The fourth-order valence-electron chi connectivity index (χ4n) is 4.21. The highest BCUT2D eigenvalue weighted by Gasteiger charge is 2.79. The van der Waals surface area contributed by atoms with E-state index in [1.54, 1.807) is 6.92 Å². The number of nitrogens with one attached hydrogen (secondary N) is 2. The Kier molecular flexibility index (Phi) is 4.46. The summed E-state index contributed by atoms with van der Waals surface area (Å²) in [5, 5.41) is 16.7. The van der Waals surface area contributed by atoms with Crippen LogP contribution in [0.25, 0.3) is 0 Å². The van der Waals surface area contributed by atoms with Gasteiger partial charge in [-0.3, -0.25) is 4.79 Å². The first-order valence-electron chi connectivity index (χ1n) is 8.19. The maximum Gasteiger partial charge on any atom is 0.339 e. The van der Waals surface area contributed by atoms with E-state index in [9.17, 15) is 14.7 Å². The molecule has 1 aliphatic carbocycles. The van der Waals surface area contributed by atoms with Gasteiger partial charge in [-0.25, -0.2) is 4.79 Å². The normalized spacial score (nSPS) is 40.1. The largest absolute Gasteiger partial charge is 0.453 e. The highest BCUT2D eigenvalue weighted by molar-refractivity contribution is 7.80. The van der Waals surface area contributed by atoms with Crippen LogP contribution in [-0.2, 0) is 14.3 Å². The summed E-state index contributed by atoms with van der Waals surface area (Å²) in [6, 6.07) is 0. The van der Waals surface area contributed by atoms with Crippen molar-refractivity contribution in [2.24, 2.45) is 11.8 Å². The third kappa shape index (κ3) is 2.32. The fraction of sp³-hybridized carbons (Fsp3) is 0.750. The quantitative estimate of drug-likeness (QED) is 0.184. The van der Waals surface area contributed by atoms with Gasteiger partial charge < -0.3 is 20.5 Å². The highest BCUT2D eigenvalue weighted by Crippen LogP contribution is 2.53. The molecule has 0 aromatic carbocycles. The molecule has 3 N–H and O–H groups in total. The van der Waals surface area contributed by atoms with Crippen molar-refractivity contribution >= 4 is 24.5 Å². The van der Waals surface area contributed by atoms with Crippen LogP contribution >= 0.6 is 12.6 Å². The summed E-state index contributed by atoms with van der Waals surface area (Å²) in [5.41, 5.74) is -2.31. The first-order chi connectivity index (χ1) is 11.0. The Bertz CT molecular complexity index is 540. The molecule has 0 bridgehead atoms. The molecule has 2 fully saturated rings. The van der Waals surface area contributed by atoms with E-state index in [0.29, 0.717) is 18.8 Å². The van der Waals surface area contributed by atoms with Gasteiger partial charge >= 0.3 is 5.97 Å². The second kappa shape index (κ2) is 6.11. The summed E-state index contributed by atoms with van der Waals surface area (Å²) >= 11 is 4.08. The lowest BCUT2D eigenvalue weighted by molar-refractivity contribution is -0.238. The van der Waals surface area contributed by atoms with E-state index in [4.69, 9.17) is 4.74 Å². The summed E-state index contributed by atoms with van der Waals surface area (Å²) in [6.07, 6.45) is 6.33. The molecule has 6 nitrogen and oxygen atoms in total. The van der Waals surface area contributed by atoms with Gasteiger partial charge in [-0.05, 0) is 39.2 Å². The van der Waals surface area contributed by atoms with Crippen molar-refractivity contribution < 1.29 is 19.4 Å². The highest BCUT2D eigenvalue weighted by atomic mass is 32.1. The molecular formula is C16H24N2O4S. The van der Waals surface area contributed by atoms with E-state index in [1.165, 1.54) is 0 Å². The number of rotatable bonds is 6. The molecule has 0 spiro atoms. The third-order valence-electron chi connectivity index (χ3n) is 5.57. The van der Waals surface area contributed by atoms with Crippen LogP contribution in [0.2, 0.25) is 0 Å². The van der Waals surface area contributed by atoms with Crippen molar-refractivity contribution in [1.29, 1.82) is 0 Å². The van der Waals surface area contributed by atoms with Crippen molar-refractivity contribution in [3.8, 4) is 0 Å². The number of hydrogen-bond donors (Lipinski definition) is 4. The molecule has 2 heterocycles. The van der Waals surface area contributed by atoms with Gasteiger partial charge in [0.1, 0.15) is 0 Å². The summed E-state index contributed by atoms with van der Waals surface area (Å²) in [7, 11) is 0. The number of thiol groups is 1. The zero-order valence-corrected chi connectivity index (χ0v) is 14.1. The van der Waals surface area contributed by atoms with Crippen molar-refractivity contribution in [3.05, 3.63) is 12.2 Å². The zero-order valence-electron chi connectivity index (χ0n) is 13.2. The van der Waals surface area contributed by atoms with Crippen LogP contribution in [0.3, 0.4) is 0 Å². The van der Waals surface area contributed by atoms with Crippen molar-refractivity contribution in [1.82, 2.24) is 10.6 Å². The maximum atomic E-state index is 12.5. The zero-order chi connectivity index (χ0) is 16.7. The first-order valence-corrected chi connectivity index (χ1v) is 8.82. The molecule has 0 saturated carbocycles. The van der Waals surface area contributed by atoms with Crippen LogP contribution < -0.4 is 10.6 Å². The van der Waals surface area contributed by atoms with E-state index in [0.717, 1.165) is 19.3 Å². The van der Waals surface area contributed by atoms with Gasteiger partial charge in [0.15, 0.2) is 5.60 Å². The number of esters is 1. The molecular weight excluding hydrogens is 316 g/mol. The van der Waals surface area contributed by atoms with Gasteiger partial charge in [0.2, 0.25) is 11.4 Å². The summed E-state index contributed by atoms with van der Waals surface area (Å²) < 4.78 is 5.43. The number of aliphatic hydroxyl groups is 1. The topological polar surface area (TPSA) is 87.7 Å². The average Bonchev–Trinajstić information content (AvgIpc) is 2.72. The molecule has 3 aliphatic rings. The van der Waals surface area contributed by atoms with Crippen LogP contribution in [0.1, 0.15) is 32.6 Å². The Labute approximate surface area is 141 Å². The minimum Gasteiger partial charge on any atom is -0.453 e. The van der Waals surface area contributed by atoms with Crippen LogP contribution in [0.15, 0.2) is 12.2 Å². The molecule has 5 atom stereocenters. The number of aliphatic hydroxyl groups excluding tert-OH is 1. The van der Waals surface area contributed by atoms with E-state index in [1.807, 2.05) is 12.2 Å². The molecule has 0 radical (unpaired) electrons. The van der Waals surface area contributed by atoms with Crippen LogP contribution in [0.5, 0.6) is 0 Å². The van der Waals surface area contributed by atoms with Crippen molar-refractivity contribution in [2.45, 2.75) is 49.9 Å². The Hall–Kier alpha value is -1.05. The SMILES string of the molecule is C[C@@]12OC(=O)[C@]1([C@@H](O)[C@@H]1C=CCCC1)NC(=O)[C@@H]2CCNCS. The lowest BCUT2D eigenvalue weighted by Gasteiger charge is -2.54. The van der Waals surface area contributed by atoms with Gasteiger partial charge in [-0.15, -0.1) is 0 Å².